The van der Waals surface area contributed by atoms with Gasteiger partial charge in [-0.05, 0) is 18.8 Å². The van der Waals surface area contributed by atoms with E-state index in [-0.39, 0.29) is 0 Å². The fraction of sp³-hybridized carbons (Fsp3) is 0.600. The highest BCUT2D eigenvalue weighted by molar-refractivity contribution is 6.31. The summed E-state index contributed by atoms with van der Waals surface area (Å²) in [7, 11) is 1.57. The highest BCUT2D eigenvalue weighted by atomic mass is 35.5. The monoisotopic (exact) mass is 227 g/mol. The Morgan fingerprint density at radius 2 is 2.20 bits per heavy atom. The molecule has 0 bridgehead atoms. The Morgan fingerprint density at radius 3 is 2.80 bits per heavy atom. The summed E-state index contributed by atoms with van der Waals surface area (Å²) in [5.41, 5.74) is 0. The molecule has 1 N–H and O–H groups in total. The van der Waals surface area contributed by atoms with Crippen LogP contribution in [0, 0.1) is 5.92 Å². The fourth-order valence-electron chi connectivity index (χ4n) is 1.85. The summed E-state index contributed by atoms with van der Waals surface area (Å²) in [4.78, 5) is 7.99. The maximum atomic E-state index is 5.89. The van der Waals surface area contributed by atoms with E-state index >= 15 is 0 Å². The lowest BCUT2D eigenvalue weighted by atomic mass is 9.82. The number of rotatable bonds is 3. The fourth-order valence-corrected chi connectivity index (χ4v) is 2.06. The molecule has 0 saturated heterocycles. The molecular weight excluding hydrogens is 214 g/mol. The van der Waals surface area contributed by atoms with Crippen molar-refractivity contribution < 1.29 is 4.74 Å². The summed E-state index contributed by atoms with van der Waals surface area (Å²) in [6, 6.07) is 0.486. The van der Waals surface area contributed by atoms with Crippen molar-refractivity contribution in [2.75, 3.05) is 12.4 Å². The first-order chi connectivity index (χ1) is 7.20. The van der Waals surface area contributed by atoms with E-state index in [9.17, 15) is 0 Å². The molecule has 4 nitrogen and oxygen atoms in total. The number of nitrogens with one attached hydrogen (secondary N) is 1. The number of nitrogens with zero attached hydrogens (tertiary/aromatic N) is 2. The lowest BCUT2D eigenvalue weighted by molar-refractivity contribution is 0.307. The SMILES string of the molecule is COc1c(Cl)ncnc1NC1CC(C)C1. The van der Waals surface area contributed by atoms with Gasteiger partial charge < -0.3 is 10.1 Å². The van der Waals surface area contributed by atoms with Crippen LogP contribution in [0.25, 0.3) is 0 Å². The van der Waals surface area contributed by atoms with E-state index in [2.05, 4.69) is 22.2 Å². The second-order valence-corrected chi connectivity index (χ2v) is 4.32. The molecule has 1 aromatic rings. The molecule has 1 fully saturated rings. The molecule has 0 atom stereocenters. The number of methoxy groups -OCH3 is 1. The molecule has 1 saturated carbocycles. The average molecular weight is 228 g/mol. The molecule has 0 amide bonds. The molecule has 0 aromatic carbocycles. The Labute approximate surface area is 94.0 Å². The summed E-state index contributed by atoms with van der Waals surface area (Å²) >= 11 is 5.89. The van der Waals surface area contributed by atoms with Crippen molar-refractivity contribution in [3.63, 3.8) is 0 Å². The van der Waals surface area contributed by atoms with E-state index in [0.29, 0.717) is 22.8 Å². The normalized spacial score (nSPS) is 24.5. The van der Waals surface area contributed by atoms with Gasteiger partial charge in [-0.1, -0.05) is 18.5 Å². The first-order valence-corrected chi connectivity index (χ1v) is 5.39. The molecule has 1 aliphatic carbocycles. The van der Waals surface area contributed by atoms with Crippen LogP contribution in [0.2, 0.25) is 5.15 Å². The average Bonchev–Trinajstić information content (AvgIpc) is 2.16. The molecule has 1 heterocycles. The Hall–Kier alpha value is -1.03. The van der Waals surface area contributed by atoms with Crippen molar-refractivity contribution in [3.05, 3.63) is 11.5 Å². The van der Waals surface area contributed by atoms with Gasteiger partial charge in [-0.15, -0.1) is 0 Å². The van der Waals surface area contributed by atoms with Gasteiger partial charge in [-0.2, -0.15) is 0 Å². The van der Waals surface area contributed by atoms with Gasteiger partial charge in [0, 0.05) is 6.04 Å². The lowest BCUT2D eigenvalue weighted by Crippen LogP contribution is -2.34. The molecule has 15 heavy (non-hydrogen) atoms. The topological polar surface area (TPSA) is 47.0 Å². The molecule has 0 unspecified atom stereocenters. The Kier molecular flexibility index (Phi) is 2.95. The molecule has 0 radical (unpaired) electrons. The van der Waals surface area contributed by atoms with Crippen LogP contribution in [0.5, 0.6) is 5.75 Å². The maximum Gasteiger partial charge on any atom is 0.198 e. The first-order valence-electron chi connectivity index (χ1n) is 5.01. The highest BCUT2D eigenvalue weighted by Gasteiger charge is 2.26. The number of anilines is 1. The van der Waals surface area contributed by atoms with Crippen LogP contribution >= 0.6 is 11.6 Å². The quantitative estimate of drug-likeness (QED) is 0.806. The number of aromatic nitrogens is 2. The van der Waals surface area contributed by atoms with Crippen LogP contribution in [0.15, 0.2) is 6.33 Å². The summed E-state index contributed by atoms with van der Waals surface area (Å²) in [5, 5.41) is 3.66. The minimum absolute atomic E-state index is 0.349. The lowest BCUT2D eigenvalue weighted by Gasteiger charge is -2.33. The van der Waals surface area contributed by atoms with Crippen LogP contribution in [-0.2, 0) is 0 Å². The van der Waals surface area contributed by atoms with Crippen molar-refractivity contribution in [1.82, 2.24) is 9.97 Å². The Balaban J connectivity index is 2.10. The molecule has 82 valence electrons. The van der Waals surface area contributed by atoms with E-state index in [1.165, 1.54) is 19.2 Å². The van der Waals surface area contributed by atoms with Gasteiger partial charge in [-0.25, -0.2) is 9.97 Å². The van der Waals surface area contributed by atoms with E-state index in [0.717, 1.165) is 5.92 Å². The number of hydrogen-bond donors (Lipinski definition) is 1. The van der Waals surface area contributed by atoms with E-state index in [1.54, 1.807) is 7.11 Å². The maximum absolute atomic E-state index is 5.89. The van der Waals surface area contributed by atoms with Crippen LogP contribution < -0.4 is 10.1 Å². The largest absolute Gasteiger partial charge is 0.490 e. The number of halogens is 1. The van der Waals surface area contributed by atoms with Crippen LogP contribution in [0.3, 0.4) is 0 Å². The predicted octanol–water partition coefficient (Wildman–Crippen LogP) is 2.35. The van der Waals surface area contributed by atoms with Gasteiger partial charge >= 0.3 is 0 Å². The zero-order valence-electron chi connectivity index (χ0n) is 8.83. The van der Waals surface area contributed by atoms with Crippen LogP contribution in [0.1, 0.15) is 19.8 Å². The van der Waals surface area contributed by atoms with Crippen molar-refractivity contribution in [1.29, 1.82) is 0 Å². The second-order valence-electron chi connectivity index (χ2n) is 3.96. The van der Waals surface area contributed by atoms with Gasteiger partial charge in [0.2, 0.25) is 0 Å². The van der Waals surface area contributed by atoms with Crippen molar-refractivity contribution in [2.45, 2.75) is 25.8 Å². The Bertz CT molecular complexity index is 353. The molecular formula is C10H14ClN3O. The summed E-state index contributed by atoms with van der Waals surface area (Å²) in [6.45, 7) is 2.24. The minimum Gasteiger partial charge on any atom is -0.490 e. The number of ether oxygens (including phenoxy) is 1. The molecule has 0 spiro atoms. The van der Waals surface area contributed by atoms with Gasteiger partial charge in [0.05, 0.1) is 7.11 Å². The van der Waals surface area contributed by atoms with Crippen molar-refractivity contribution in [3.8, 4) is 5.75 Å². The van der Waals surface area contributed by atoms with E-state index in [1.807, 2.05) is 0 Å². The van der Waals surface area contributed by atoms with Gasteiger partial charge in [-0.3, -0.25) is 0 Å². The molecule has 1 aliphatic rings. The number of hydrogen-bond acceptors (Lipinski definition) is 4. The predicted molar refractivity (Wildman–Crippen MR) is 59.4 cm³/mol. The third-order valence-electron chi connectivity index (χ3n) is 2.68. The van der Waals surface area contributed by atoms with Crippen LogP contribution in [-0.4, -0.2) is 23.1 Å². The zero-order valence-corrected chi connectivity index (χ0v) is 9.58. The van der Waals surface area contributed by atoms with Crippen molar-refractivity contribution in [2.24, 2.45) is 5.92 Å². The second kappa shape index (κ2) is 4.23. The standard InChI is InChI=1S/C10H14ClN3O/c1-6-3-7(4-6)14-10-8(15-2)9(11)12-5-13-10/h5-7H,3-4H2,1-2H3,(H,12,13,14). The summed E-state index contributed by atoms with van der Waals surface area (Å²) in [5.74, 6) is 2.01. The van der Waals surface area contributed by atoms with Gasteiger partial charge in [0.15, 0.2) is 16.7 Å². The first kappa shape index (κ1) is 10.5. The zero-order chi connectivity index (χ0) is 10.8. The third kappa shape index (κ3) is 2.15. The molecule has 5 heteroatoms. The summed E-state index contributed by atoms with van der Waals surface area (Å²) < 4.78 is 5.15. The van der Waals surface area contributed by atoms with Gasteiger partial charge in [0.25, 0.3) is 0 Å². The van der Waals surface area contributed by atoms with Crippen molar-refractivity contribution >= 4 is 17.4 Å². The van der Waals surface area contributed by atoms with Gasteiger partial charge in [0.1, 0.15) is 6.33 Å². The minimum atomic E-state index is 0.349. The smallest absolute Gasteiger partial charge is 0.198 e. The van der Waals surface area contributed by atoms with E-state index < -0.39 is 0 Å². The third-order valence-corrected chi connectivity index (χ3v) is 2.95. The van der Waals surface area contributed by atoms with Crippen LogP contribution in [0.4, 0.5) is 5.82 Å². The van der Waals surface area contributed by atoms with E-state index in [4.69, 9.17) is 16.3 Å². The molecule has 2 rings (SSSR count). The molecule has 1 aromatic heterocycles. The Morgan fingerprint density at radius 1 is 1.47 bits per heavy atom. The molecule has 0 aliphatic heterocycles. The highest BCUT2D eigenvalue weighted by Crippen LogP contribution is 2.34. The summed E-state index contributed by atoms with van der Waals surface area (Å²) in [6.07, 6.45) is 3.78.